The lowest BCUT2D eigenvalue weighted by atomic mass is 10.1. The molecule has 1 aliphatic rings. The van der Waals surface area contributed by atoms with Gasteiger partial charge in [-0.2, -0.15) is 0 Å². The predicted octanol–water partition coefficient (Wildman–Crippen LogP) is 2.93. The first kappa shape index (κ1) is 18.3. The summed E-state index contributed by atoms with van der Waals surface area (Å²) in [4.78, 5) is 23.3. The predicted molar refractivity (Wildman–Crippen MR) is 100.0 cm³/mol. The molecule has 0 unspecified atom stereocenters. The number of hydrogen-bond acceptors (Lipinski definition) is 5. The zero-order chi connectivity index (χ0) is 18.4. The molecule has 2 aromatic rings. The maximum atomic E-state index is 12.4. The SMILES string of the molecule is Cc1ccc(Oc2ncccc2CNC(=O)[C@@H](C)CN2CCCC2)cn1. The number of aromatic nitrogens is 2. The van der Waals surface area contributed by atoms with Crippen molar-refractivity contribution in [2.24, 2.45) is 5.92 Å². The van der Waals surface area contributed by atoms with Crippen LogP contribution in [0.1, 0.15) is 31.0 Å². The number of nitrogens with zero attached hydrogens (tertiary/aromatic N) is 3. The lowest BCUT2D eigenvalue weighted by Gasteiger charge is -2.20. The van der Waals surface area contributed by atoms with Gasteiger partial charge in [-0.25, -0.2) is 4.98 Å². The van der Waals surface area contributed by atoms with Gasteiger partial charge < -0.3 is 15.0 Å². The monoisotopic (exact) mass is 354 g/mol. The van der Waals surface area contributed by atoms with Gasteiger partial charge in [-0.3, -0.25) is 9.78 Å². The normalized spacial score (nSPS) is 15.6. The van der Waals surface area contributed by atoms with Crippen molar-refractivity contribution in [1.82, 2.24) is 20.2 Å². The zero-order valence-corrected chi connectivity index (χ0v) is 15.4. The molecule has 6 nitrogen and oxygen atoms in total. The van der Waals surface area contributed by atoms with Crippen LogP contribution in [0.2, 0.25) is 0 Å². The van der Waals surface area contributed by atoms with Crippen LogP contribution in [0.4, 0.5) is 0 Å². The summed E-state index contributed by atoms with van der Waals surface area (Å²) < 4.78 is 5.83. The number of rotatable bonds is 7. The fraction of sp³-hybridized carbons (Fsp3) is 0.450. The molecular formula is C20H26N4O2. The maximum Gasteiger partial charge on any atom is 0.224 e. The quantitative estimate of drug-likeness (QED) is 0.828. The third kappa shape index (κ3) is 5.02. The molecule has 0 radical (unpaired) electrons. The Bertz CT molecular complexity index is 727. The summed E-state index contributed by atoms with van der Waals surface area (Å²) >= 11 is 0. The first-order valence-corrected chi connectivity index (χ1v) is 9.16. The Hall–Kier alpha value is -2.47. The third-order valence-electron chi connectivity index (χ3n) is 4.58. The fourth-order valence-electron chi connectivity index (χ4n) is 3.07. The van der Waals surface area contributed by atoms with Crippen LogP contribution < -0.4 is 10.1 Å². The van der Waals surface area contributed by atoms with Gasteiger partial charge in [0.1, 0.15) is 5.75 Å². The van der Waals surface area contributed by atoms with Crippen LogP contribution in [0.25, 0.3) is 0 Å². The molecule has 1 N–H and O–H groups in total. The number of pyridine rings is 2. The second-order valence-corrected chi connectivity index (χ2v) is 6.83. The van der Waals surface area contributed by atoms with E-state index in [9.17, 15) is 4.79 Å². The van der Waals surface area contributed by atoms with Crippen molar-refractivity contribution in [1.29, 1.82) is 0 Å². The highest BCUT2D eigenvalue weighted by atomic mass is 16.5. The van der Waals surface area contributed by atoms with Crippen molar-refractivity contribution in [3.05, 3.63) is 47.9 Å². The molecular weight excluding hydrogens is 328 g/mol. The van der Waals surface area contributed by atoms with Gasteiger partial charge in [-0.1, -0.05) is 13.0 Å². The number of hydrogen-bond donors (Lipinski definition) is 1. The van der Waals surface area contributed by atoms with E-state index < -0.39 is 0 Å². The van der Waals surface area contributed by atoms with Crippen molar-refractivity contribution >= 4 is 5.91 Å². The molecule has 0 spiro atoms. The molecule has 1 atom stereocenters. The summed E-state index contributed by atoms with van der Waals surface area (Å²) in [5.74, 6) is 1.15. The number of likely N-dealkylation sites (tertiary alicyclic amines) is 1. The number of aryl methyl sites for hydroxylation is 1. The molecule has 0 saturated carbocycles. The summed E-state index contributed by atoms with van der Waals surface area (Å²) in [6, 6.07) is 7.50. The van der Waals surface area contributed by atoms with Crippen molar-refractivity contribution in [2.75, 3.05) is 19.6 Å². The largest absolute Gasteiger partial charge is 0.437 e. The van der Waals surface area contributed by atoms with E-state index in [1.807, 2.05) is 38.1 Å². The molecule has 1 fully saturated rings. The number of nitrogens with one attached hydrogen (secondary N) is 1. The van der Waals surface area contributed by atoms with E-state index in [-0.39, 0.29) is 11.8 Å². The highest BCUT2D eigenvalue weighted by molar-refractivity contribution is 5.78. The molecule has 0 aliphatic carbocycles. The fourth-order valence-corrected chi connectivity index (χ4v) is 3.07. The van der Waals surface area contributed by atoms with E-state index in [1.54, 1.807) is 12.4 Å². The number of carbonyl (C=O) groups is 1. The Morgan fingerprint density at radius 1 is 1.27 bits per heavy atom. The zero-order valence-electron chi connectivity index (χ0n) is 15.4. The molecule has 1 amide bonds. The van der Waals surface area contributed by atoms with Gasteiger partial charge in [0.05, 0.1) is 6.20 Å². The Morgan fingerprint density at radius 2 is 2.08 bits per heavy atom. The molecule has 26 heavy (non-hydrogen) atoms. The van der Waals surface area contributed by atoms with E-state index in [0.717, 1.165) is 30.9 Å². The highest BCUT2D eigenvalue weighted by Crippen LogP contribution is 2.22. The first-order chi connectivity index (χ1) is 12.6. The molecule has 0 aromatic carbocycles. The standard InChI is InChI=1S/C20H26N4O2/c1-15(14-24-10-3-4-11-24)19(25)23-12-17-6-5-9-21-20(17)26-18-8-7-16(2)22-13-18/h5-9,13,15H,3-4,10-12,14H2,1-2H3,(H,23,25)/t15-/m0/s1. The van der Waals surface area contributed by atoms with E-state index in [1.165, 1.54) is 12.8 Å². The molecule has 1 aliphatic heterocycles. The Balaban J connectivity index is 1.57. The Labute approximate surface area is 154 Å². The molecule has 6 heteroatoms. The highest BCUT2D eigenvalue weighted by Gasteiger charge is 2.19. The first-order valence-electron chi connectivity index (χ1n) is 9.16. The van der Waals surface area contributed by atoms with Crippen LogP contribution in [0.15, 0.2) is 36.7 Å². The smallest absolute Gasteiger partial charge is 0.224 e. The van der Waals surface area contributed by atoms with Gasteiger partial charge in [0.15, 0.2) is 0 Å². The molecule has 2 aromatic heterocycles. The van der Waals surface area contributed by atoms with Crippen LogP contribution in [0.3, 0.4) is 0 Å². The van der Waals surface area contributed by atoms with Gasteiger partial charge in [0, 0.05) is 36.5 Å². The minimum Gasteiger partial charge on any atom is -0.437 e. The van der Waals surface area contributed by atoms with E-state index in [0.29, 0.717) is 18.2 Å². The summed E-state index contributed by atoms with van der Waals surface area (Å²) in [5.41, 5.74) is 1.77. The lowest BCUT2D eigenvalue weighted by Crippen LogP contribution is -2.36. The van der Waals surface area contributed by atoms with E-state index in [4.69, 9.17) is 4.74 Å². The second kappa shape index (κ2) is 8.76. The van der Waals surface area contributed by atoms with Crippen molar-refractivity contribution in [2.45, 2.75) is 33.2 Å². The summed E-state index contributed by atoms with van der Waals surface area (Å²) in [7, 11) is 0. The molecule has 0 bridgehead atoms. The van der Waals surface area contributed by atoms with Gasteiger partial charge in [-0.05, 0) is 51.1 Å². The second-order valence-electron chi connectivity index (χ2n) is 6.83. The van der Waals surface area contributed by atoms with E-state index >= 15 is 0 Å². The van der Waals surface area contributed by atoms with Gasteiger partial charge in [0.25, 0.3) is 0 Å². The number of ether oxygens (including phenoxy) is 1. The van der Waals surface area contributed by atoms with Crippen LogP contribution in [-0.2, 0) is 11.3 Å². The summed E-state index contributed by atoms with van der Waals surface area (Å²) in [6.07, 6.45) is 5.82. The molecule has 3 heterocycles. The minimum absolute atomic E-state index is 0.0320. The van der Waals surface area contributed by atoms with Gasteiger partial charge in [-0.15, -0.1) is 0 Å². The topological polar surface area (TPSA) is 67.3 Å². The molecule has 138 valence electrons. The summed E-state index contributed by atoms with van der Waals surface area (Å²) in [6.45, 7) is 7.32. The van der Waals surface area contributed by atoms with Crippen molar-refractivity contribution < 1.29 is 9.53 Å². The third-order valence-corrected chi connectivity index (χ3v) is 4.58. The van der Waals surface area contributed by atoms with Crippen LogP contribution in [0, 0.1) is 12.8 Å². The number of carbonyl (C=O) groups excluding carboxylic acids is 1. The number of amides is 1. The van der Waals surface area contributed by atoms with E-state index in [2.05, 4.69) is 20.2 Å². The minimum atomic E-state index is -0.0320. The Morgan fingerprint density at radius 3 is 2.81 bits per heavy atom. The van der Waals surface area contributed by atoms with Crippen molar-refractivity contribution in [3.8, 4) is 11.6 Å². The van der Waals surface area contributed by atoms with Gasteiger partial charge >= 0.3 is 0 Å². The Kier molecular flexibility index (Phi) is 6.17. The lowest BCUT2D eigenvalue weighted by molar-refractivity contribution is -0.125. The summed E-state index contributed by atoms with van der Waals surface area (Å²) in [5, 5.41) is 3.01. The van der Waals surface area contributed by atoms with Crippen LogP contribution in [-0.4, -0.2) is 40.4 Å². The average Bonchev–Trinajstić information content (AvgIpc) is 3.15. The average molecular weight is 354 g/mol. The van der Waals surface area contributed by atoms with Crippen LogP contribution in [0.5, 0.6) is 11.6 Å². The van der Waals surface area contributed by atoms with Crippen molar-refractivity contribution in [3.63, 3.8) is 0 Å². The van der Waals surface area contributed by atoms with Crippen LogP contribution >= 0.6 is 0 Å². The van der Waals surface area contributed by atoms with Gasteiger partial charge in [0.2, 0.25) is 11.8 Å². The molecule has 1 saturated heterocycles. The molecule has 3 rings (SSSR count). The maximum absolute atomic E-state index is 12.4.